The lowest BCUT2D eigenvalue weighted by atomic mass is 9.96. The summed E-state index contributed by atoms with van der Waals surface area (Å²) in [7, 11) is 0. The fourth-order valence-corrected chi connectivity index (χ4v) is 12.9. The molecule has 0 N–H and O–H groups in total. The van der Waals surface area contributed by atoms with Gasteiger partial charge in [-0.25, -0.2) is 41.9 Å². The fraction of sp³-hybridized carbons (Fsp3) is 0.0123. The number of hydrogen-bond acceptors (Lipinski definition) is 4. The highest BCUT2D eigenvalue weighted by atomic mass is 19.2. The lowest BCUT2D eigenvalue weighted by Gasteiger charge is -2.22. The minimum atomic E-state index is -2.25. The van der Waals surface area contributed by atoms with Crippen LogP contribution in [0.1, 0.15) is 5.56 Å². The second-order valence-electron chi connectivity index (χ2n) is 22.7. The summed E-state index contributed by atoms with van der Waals surface area (Å²) >= 11 is 0. The van der Waals surface area contributed by atoms with Gasteiger partial charge in [0.15, 0.2) is 23.3 Å². The minimum absolute atomic E-state index is 0.187. The van der Waals surface area contributed by atoms with Gasteiger partial charge in [0.2, 0.25) is 5.82 Å². The highest BCUT2D eigenvalue weighted by Gasteiger charge is 2.31. The summed E-state index contributed by atoms with van der Waals surface area (Å²) in [6.07, 6.45) is 0. The maximum Gasteiger partial charge on any atom is 0.200 e. The molecule has 6 heterocycles. The predicted octanol–water partition coefficient (Wildman–Crippen LogP) is 21.5. The number of aromatic nitrogens is 6. The Kier molecular flexibility index (Phi) is 13.6. The third-order valence-electron chi connectivity index (χ3n) is 17.3. The standard InChI is InChI=1S/C81H49F5N6/c1-48-70(91-71-39-34-53(66-30-14-26-62(87-66)49-18-6-2-7-19-49)44-58(71)59-45-54(35-40-72(59)91)67-31-15-27-63(88-67)50-20-8-3-9-21-50)43-38-57(75-76(82)78(84)80(86)79(85)77(75)83)81(48)92-73-41-36-55(68-32-16-28-64(89-68)51-22-10-4-11-23-51)46-60(73)61-47-56(37-42-74(61)92)69-33-17-29-65(90-69)52-24-12-5-13-25-52/h2-47H,1H3. The van der Waals surface area contributed by atoms with Gasteiger partial charge in [0, 0.05) is 71.6 Å². The minimum Gasteiger partial charge on any atom is -0.309 e. The van der Waals surface area contributed by atoms with Crippen LogP contribution < -0.4 is 0 Å². The van der Waals surface area contributed by atoms with Crippen molar-refractivity contribution in [3.05, 3.63) is 314 Å². The summed E-state index contributed by atoms with van der Waals surface area (Å²) in [6, 6.07) is 90.8. The first-order valence-corrected chi connectivity index (χ1v) is 30.1. The van der Waals surface area contributed by atoms with Gasteiger partial charge in [-0.15, -0.1) is 0 Å². The predicted molar refractivity (Wildman–Crippen MR) is 360 cm³/mol. The van der Waals surface area contributed by atoms with Gasteiger partial charge in [-0.1, -0.05) is 170 Å². The largest absolute Gasteiger partial charge is 0.309 e. The van der Waals surface area contributed by atoms with Crippen LogP contribution in [0.15, 0.2) is 279 Å². The first-order chi connectivity index (χ1) is 45.1. The zero-order valence-corrected chi connectivity index (χ0v) is 49.1. The van der Waals surface area contributed by atoms with E-state index in [2.05, 4.69) is 16.7 Å². The Balaban J connectivity index is 0.963. The normalized spacial score (nSPS) is 11.6. The number of nitrogens with zero attached hydrogens (tertiary/aromatic N) is 6. The van der Waals surface area contributed by atoms with Crippen molar-refractivity contribution in [2.45, 2.75) is 6.92 Å². The van der Waals surface area contributed by atoms with Crippen LogP contribution in [0.3, 0.4) is 0 Å². The first-order valence-electron chi connectivity index (χ1n) is 30.1. The molecule has 0 aliphatic heterocycles. The molecule has 0 radical (unpaired) electrons. The molecule has 438 valence electrons. The van der Waals surface area contributed by atoms with E-state index in [0.717, 1.165) is 111 Å². The molecule has 0 aliphatic carbocycles. The Hall–Kier alpha value is -12.0. The van der Waals surface area contributed by atoms with Gasteiger partial charge in [-0.2, -0.15) is 0 Å². The quantitative estimate of drug-likeness (QED) is 0.0735. The summed E-state index contributed by atoms with van der Waals surface area (Å²) in [4.78, 5) is 20.6. The van der Waals surface area contributed by atoms with Gasteiger partial charge >= 0.3 is 0 Å². The summed E-state index contributed by atoms with van der Waals surface area (Å²) in [5, 5.41) is 3.18. The van der Waals surface area contributed by atoms with E-state index in [1.807, 2.05) is 266 Å². The number of pyridine rings is 4. The van der Waals surface area contributed by atoms with Crippen molar-refractivity contribution in [1.82, 2.24) is 29.1 Å². The van der Waals surface area contributed by atoms with E-state index in [0.29, 0.717) is 33.7 Å². The van der Waals surface area contributed by atoms with E-state index in [1.54, 1.807) is 6.07 Å². The van der Waals surface area contributed by atoms with Gasteiger partial charge in [0.25, 0.3) is 0 Å². The molecule has 0 spiro atoms. The van der Waals surface area contributed by atoms with Crippen molar-refractivity contribution in [3.63, 3.8) is 0 Å². The molecule has 92 heavy (non-hydrogen) atoms. The smallest absolute Gasteiger partial charge is 0.200 e. The van der Waals surface area contributed by atoms with Gasteiger partial charge in [-0.05, 0) is 122 Å². The summed E-state index contributed by atoms with van der Waals surface area (Å²) in [5.74, 6) is -10.3. The Morgan fingerprint density at radius 1 is 0.250 bits per heavy atom. The van der Waals surface area contributed by atoms with E-state index in [1.165, 1.54) is 6.07 Å². The van der Waals surface area contributed by atoms with Crippen molar-refractivity contribution in [1.29, 1.82) is 0 Å². The van der Waals surface area contributed by atoms with E-state index in [9.17, 15) is 0 Å². The van der Waals surface area contributed by atoms with Crippen LogP contribution in [0.25, 0.3) is 156 Å². The number of benzene rings is 10. The van der Waals surface area contributed by atoms with Crippen LogP contribution in [0.5, 0.6) is 0 Å². The zero-order chi connectivity index (χ0) is 62.1. The SMILES string of the molecule is Cc1c(-n2c3ccc(-c4cccc(-c5ccccc5)n4)cc3c3cc(-c4cccc(-c5ccccc5)n4)ccc32)ccc(-c2c(F)c(F)c(F)c(F)c2F)c1-n1c2ccc(-c3cccc(-c4ccccc4)n3)cc2c2cc(-c3cccc(-c4ccccc4)n3)ccc21. The molecule has 10 aromatic carbocycles. The van der Waals surface area contributed by atoms with E-state index in [-0.39, 0.29) is 11.3 Å². The summed E-state index contributed by atoms with van der Waals surface area (Å²) in [5.41, 5.74) is 15.9. The Morgan fingerprint density at radius 3 is 0.826 bits per heavy atom. The molecule has 0 fully saturated rings. The zero-order valence-electron chi connectivity index (χ0n) is 49.1. The molecular weight excluding hydrogens is 1150 g/mol. The van der Waals surface area contributed by atoms with Crippen LogP contribution in [0.2, 0.25) is 0 Å². The van der Waals surface area contributed by atoms with Gasteiger partial charge in [-0.3, -0.25) is 0 Å². The molecule has 0 saturated heterocycles. The van der Waals surface area contributed by atoms with Crippen molar-refractivity contribution >= 4 is 43.6 Å². The molecule has 0 atom stereocenters. The lowest BCUT2D eigenvalue weighted by Crippen LogP contribution is -2.09. The van der Waals surface area contributed by atoms with Crippen molar-refractivity contribution in [2.24, 2.45) is 0 Å². The molecule has 0 amide bonds. The lowest BCUT2D eigenvalue weighted by molar-refractivity contribution is 0.381. The van der Waals surface area contributed by atoms with Crippen LogP contribution in [-0.4, -0.2) is 29.1 Å². The highest BCUT2D eigenvalue weighted by molar-refractivity contribution is 6.14. The van der Waals surface area contributed by atoms with E-state index in [4.69, 9.17) is 19.9 Å². The molecule has 0 saturated carbocycles. The van der Waals surface area contributed by atoms with Gasteiger partial charge in [0.05, 0.1) is 84.6 Å². The number of fused-ring (bicyclic) bond motifs is 6. The van der Waals surface area contributed by atoms with Crippen LogP contribution >= 0.6 is 0 Å². The second kappa shape index (κ2) is 22.6. The monoisotopic (exact) mass is 1200 g/mol. The average Bonchev–Trinajstić information content (AvgIpc) is 1.55. The molecule has 16 aromatic rings. The number of hydrogen-bond donors (Lipinski definition) is 0. The third kappa shape index (κ3) is 9.48. The third-order valence-corrected chi connectivity index (χ3v) is 17.3. The molecular formula is C81H49F5N6. The highest BCUT2D eigenvalue weighted by Crippen LogP contribution is 2.46. The molecule has 0 bridgehead atoms. The topological polar surface area (TPSA) is 61.4 Å². The van der Waals surface area contributed by atoms with Crippen LogP contribution in [0, 0.1) is 36.0 Å². The van der Waals surface area contributed by atoms with Crippen LogP contribution in [-0.2, 0) is 0 Å². The maximum atomic E-state index is 16.9. The van der Waals surface area contributed by atoms with E-state index < -0.39 is 34.6 Å². The molecule has 0 unspecified atom stereocenters. The second-order valence-corrected chi connectivity index (χ2v) is 22.7. The Morgan fingerprint density at radius 2 is 0.522 bits per heavy atom. The summed E-state index contributed by atoms with van der Waals surface area (Å²) in [6.45, 7) is 1.83. The van der Waals surface area contributed by atoms with E-state index >= 15 is 22.0 Å². The van der Waals surface area contributed by atoms with Gasteiger partial charge < -0.3 is 9.13 Å². The average molecular weight is 1200 g/mol. The first kappa shape index (κ1) is 55.4. The molecule has 0 aliphatic rings. The molecule has 6 aromatic heterocycles. The van der Waals surface area contributed by atoms with Crippen molar-refractivity contribution in [3.8, 4) is 113 Å². The number of halogens is 5. The number of rotatable bonds is 11. The Bertz CT molecular complexity index is 5280. The molecule has 6 nitrogen and oxygen atoms in total. The van der Waals surface area contributed by atoms with Crippen molar-refractivity contribution < 1.29 is 22.0 Å². The van der Waals surface area contributed by atoms with Gasteiger partial charge in [0.1, 0.15) is 0 Å². The Labute approximate surface area is 525 Å². The molecule has 16 rings (SSSR count). The van der Waals surface area contributed by atoms with Crippen LogP contribution in [0.4, 0.5) is 22.0 Å². The van der Waals surface area contributed by atoms with Crippen molar-refractivity contribution in [2.75, 3.05) is 0 Å². The maximum absolute atomic E-state index is 16.9. The fourth-order valence-electron chi connectivity index (χ4n) is 12.9. The summed E-state index contributed by atoms with van der Waals surface area (Å²) < 4.78 is 84.7. The molecule has 11 heteroatoms.